The molecule has 3 nitrogen and oxygen atoms in total. The van der Waals surface area contributed by atoms with E-state index >= 15 is 0 Å². The fourth-order valence-electron chi connectivity index (χ4n) is 12.7. The Morgan fingerprint density at radius 1 is 0.444 bits per heavy atom. The summed E-state index contributed by atoms with van der Waals surface area (Å²) in [5.74, 6) is 0.918. The molecule has 2 heterocycles. The first-order chi connectivity index (χ1) is 35.6. The molecule has 1 unspecified atom stereocenters. The van der Waals surface area contributed by atoms with Crippen LogP contribution in [0.25, 0.3) is 61.2 Å². The topological polar surface area (TPSA) is 21.1 Å². The molecule has 0 N–H and O–H groups in total. The predicted molar refractivity (Wildman–Crippen MR) is 298 cm³/mol. The van der Waals surface area contributed by atoms with Crippen LogP contribution in [-0.4, -0.2) is 9.55 Å². The van der Waals surface area contributed by atoms with Crippen molar-refractivity contribution in [1.82, 2.24) is 9.55 Å². The van der Waals surface area contributed by atoms with Crippen molar-refractivity contribution in [2.75, 3.05) is 4.90 Å². The number of anilines is 3. The van der Waals surface area contributed by atoms with E-state index in [4.69, 9.17) is 4.98 Å². The summed E-state index contributed by atoms with van der Waals surface area (Å²) >= 11 is 0. The molecule has 0 amide bonds. The Morgan fingerprint density at radius 3 is 1.67 bits per heavy atom. The summed E-state index contributed by atoms with van der Waals surface area (Å²) in [4.78, 5) is 8.00. The molecule has 3 heteroatoms. The molecule has 0 fully saturated rings. The van der Waals surface area contributed by atoms with Gasteiger partial charge in [0.15, 0.2) is 0 Å². The van der Waals surface area contributed by atoms with Crippen molar-refractivity contribution >= 4 is 28.1 Å². The van der Waals surface area contributed by atoms with Gasteiger partial charge in [-0.2, -0.15) is 0 Å². The highest BCUT2D eigenvalue weighted by atomic mass is 15.2. The van der Waals surface area contributed by atoms with E-state index in [-0.39, 0.29) is 0 Å². The molecule has 1 atom stereocenters. The minimum Gasteiger partial charge on any atom is -0.308 e. The van der Waals surface area contributed by atoms with Gasteiger partial charge in [-0.1, -0.05) is 226 Å². The van der Waals surface area contributed by atoms with E-state index in [0.717, 1.165) is 67.4 Å². The molecule has 1 aliphatic heterocycles. The molecule has 10 aromatic carbocycles. The Morgan fingerprint density at radius 2 is 0.986 bits per heavy atom. The van der Waals surface area contributed by atoms with Crippen LogP contribution in [-0.2, 0) is 10.8 Å². The van der Waals surface area contributed by atoms with Gasteiger partial charge in [0.05, 0.1) is 27.8 Å². The lowest BCUT2D eigenvalue weighted by atomic mass is 9.69. The smallest absolute Gasteiger partial charge is 0.134 e. The van der Waals surface area contributed by atoms with Crippen LogP contribution in [0.1, 0.15) is 39.2 Å². The minimum absolute atomic E-state index is 0.440. The highest BCUT2D eigenvalue weighted by molar-refractivity contribution is 5.97. The van der Waals surface area contributed by atoms with Gasteiger partial charge in [-0.05, 0) is 126 Å². The average Bonchev–Trinajstić information content (AvgIpc) is 4.17. The number of hydrogen-bond donors (Lipinski definition) is 0. The van der Waals surface area contributed by atoms with E-state index in [2.05, 4.69) is 271 Å². The largest absolute Gasteiger partial charge is 0.308 e. The molecule has 0 saturated carbocycles. The maximum Gasteiger partial charge on any atom is 0.134 e. The number of fused-ring (bicyclic) bond motifs is 15. The maximum atomic E-state index is 5.56. The van der Waals surface area contributed by atoms with Crippen molar-refractivity contribution in [1.29, 1.82) is 0 Å². The number of imidazole rings is 1. The highest BCUT2D eigenvalue weighted by Gasteiger charge is 2.53. The Balaban J connectivity index is 1.01. The molecule has 11 aromatic rings. The highest BCUT2D eigenvalue weighted by Crippen LogP contribution is 2.63. The van der Waals surface area contributed by atoms with Crippen LogP contribution < -0.4 is 4.90 Å². The third-order valence-electron chi connectivity index (χ3n) is 15.6. The first-order valence-electron chi connectivity index (χ1n) is 24.8. The second kappa shape index (κ2) is 16.1. The summed E-state index contributed by atoms with van der Waals surface area (Å²) in [5, 5.41) is 0. The van der Waals surface area contributed by atoms with Gasteiger partial charge in [0.2, 0.25) is 0 Å². The number of allylic oxidation sites excluding steroid dienone is 4. The molecule has 14 rings (SSSR count). The lowest BCUT2D eigenvalue weighted by Gasteiger charge is -2.33. The van der Waals surface area contributed by atoms with Crippen LogP contribution in [0.2, 0.25) is 0 Å². The van der Waals surface area contributed by atoms with Crippen molar-refractivity contribution in [2.45, 2.75) is 10.8 Å². The zero-order chi connectivity index (χ0) is 48.0. The Kier molecular flexibility index (Phi) is 9.33. The van der Waals surface area contributed by atoms with E-state index in [9.17, 15) is 0 Å². The standard InChI is InChI=1S/C69H47N3/c1-3-21-50(4-2)68(51-25-9-6-10-26-51)61-34-20-37-65(66(61)72-64-36-18-17-35-63(64)70-67(68)72)71(52-41-38-47(39-42-52)46-22-7-5-8-23-46)53-27-19-24-48(44-53)49-40-43-57-56-30-13-16-33-60(56)69(62(57)45-49)58-31-14-11-28-54(58)55-29-12-15-32-59(55)69/h3-45H,1-2H2/b50-21+. The molecule has 72 heavy (non-hydrogen) atoms. The average molecular weight is 918 g/mol. The summed E-state index contributed by atoms with van der Waals surface area (Å²) in [7, 11) is 0. The van der Waals surface area contributed by atoms with Crippen molar-refractivity contribution in [2.24, 2.45) is 0 Å². The van der Waals surface area contributed by atoms with E-state index in [1.807, 2.05) is 12.2 Å². The lowest BCUT2D eigenvalue weighted by molar-refractivity contribution is 0.717. The van der Waals surface area contributed by atoms with Gasteiger partial charge < -0.3 is 4.90 Å². The molecule has 2 aliphatic carbocycles. The molecule has 338 valence electrons. The lowest BCUT2D eigenvalue weighted by Crippen LogP contribution is -2.30. The molecule has 1 spiro atoms. The second-order valence-electron chi connectivity index (χ2n) is 19.1. The second-order valence-corrected chi connectivity index (χ2v) is 19.1. The summed E-state index contributed by atoms with van der Waals surface area (Å²) in [6.07, 6.45) is 5.94. The molecular formula is C69H47N3. The van der Waals surface area contributed by atoms with Crippen molar-refractivity contribution < 1.29 is 0 Å². The number of para-hydroxylation sites is 3. The van der Waals surface area contributed by atoms with Crippen molar-refractivity contribution in [3.05, 3.63) is 319 Å². The molecular weight excluding hydrogens is 871 g/mol. The van der Waals surface area contributed by atoms with E-state index in [0.29, 0.717) is 0 Å². The fraction of sp³-hybridized carbons (Fsp3) is 0.0290. The van der Waals surface area contributed by atoms with Gasteiger partial charge in [-0.15, -0.1) is 0 Å². The van der Waals surface area contributed by atoms with E-state index in [1.54, 1.807) is 0 Å². The van der Waals surface area contributed by atoms with E-state index in [1.165, 1.54) is 55.6 Å². The predicted octanol–water partition coefficient (Wildman–Crippen LogP) is 17.1. The van der Waals surface area contributed by atoms with Crippen LogP contribution in [0.4, 0.5) is 17.1 Å². The number of aromatic nitrogens is 2. The van der Waals surface area contributed by atoms with Gasteiger partial charge in [0.1, 0.15) is 11.2 Å². The number of benzene rings is 10. The number of rotatable bonds is 9. The Bertz CT molecular complexity index is 3960. The van der Waals surface area contributed by atoms with Crippen molar-refractivity contribution in [3.8, 4) is 50.2 Å². The van der Waals surface area contributed by atoms with Gasteiger partial charge in [0, 0.05) is 16.9 Å². The monoisotopic (exact) mass is 917 g/mol. The molecule has 0 radical (unpaired) electrons. The van der Waals surface area contributed by atoms with Gasteiger partial charge in [-0.3, -0.25) is 4.57 Å². The van der Waals surface area contributed by atoms with Crippen LogP contribution in [0.3, 0.4) is 0 Å². The zero-order valence-corrected chi connectivity index (χ0v) is 39.6. The molecule has 0 saturated heterocycles. The Labute approximate surface area is 420 Å². The summed E-state index contributed by atoms with van der Waals surface area (Å²) in [6, 6.07) is 89.0. The minimum atomic E-state index is -0.804. The van der Waals surface area contributed by atoms with Gasteiger partial charge in [-0.25, -0.2) is 4.98 Å². The molecule has 3 aliphatic rings. The van der Waals surface area contributed by atoms with Crippen LogP contribution in [0.5, 0.6) is 0 Å². The normalized spacial score (nSPS) is 15.3. The summed E-state index contributed by atoms with van der Waals surface area (Å²) in [5.41, 5.74) is 23.3. The first kappa shape index (κ1) is 41.6. The third kappa shape index (κ3) is 5.70. The Hall–Kier alpha value is -9.31. The quantitative estimate of drug-likeness (QED) is 0.135. The first-order valence-corrected chi connectivity index (χ1v) is 24.8. The maximum absolute atomic E-state index is 5.56. The SMILES string of the molecule is C=C/C=C(\C=C)C1(c2ccccc2)c2cccc(N(c3ccc(-c4ccccc4)cc3)c3cccc(-c4ccc5c(c4)C4(c6ccccc6-c6ccccc64)c4ccccc4-5)c3)c2-n2c1nc1ccccc12. The van der Waals surface area contributed by atoms with E-state index < -0.39 is 10.8 Å². The van der Waals surface area contributed by atoms with Gasteiger partial charge >= 0.3 is 0 Å². The van der Waals surface area contributed by atoms with Gasteiger partial charge in [0.25, 0.3) is 0 Å². The van der Waals surface area contributed by atoms with Crippen molar-refractivity contribution in [3.63, 3.8) is 0 Å². The summed E-state index contributed by atoms with van der Waals surface area (Å²) in [6.45, 7) is 8.63. The zero-order valence-electron chi connectivity index (χ0n) is 39.6. The van der Waals surface area contributed by atoms with Crippen LogP contribution in [0, 0.1) is 0 Å². The number of hydrogen-bond acceptors (Lipinski definition) is 2. The molecule has 1 aromatic heterocycles. The molecule has 0 bridgehead atoms. The van der Waals surface area contributed by atoms with Crippen LogP contribution in [0.15, 0.2) is 280 Å². The fourth-order valence-corrected chi connectivity index (χ4v) is 12.7. The van der Waals surface area contributed by atoms with Crippen LogP contribution >= 0.6 is 0 Å². The number of nitrogens with zero attached hydrogens (tertiary/aromatic N) is 3. The third-order valence-corrected chi connectivity index (χ3v) is 15.6. The summed E-state index contributed by atoms with van der Waals surface area (Å²) < 4.78 is 2.40.